The van der Waals surface area contributed by atoms with Crippen molar-refractivity contribution in [3.63, 3.8) is 0 Å². The average Bonchev–Trinajstić information content (AvgIpc) is 1.41. The molecule has 19 rings (SSSR count). The molecule has 95 heavy (non-hydrogen) atoms. The molecule has 17 aromatic rings. The summed E-state index contributed by atoms with van der Waals surface area (Å²) in [5, 5.41) is 13.8. The van der Waals surface area contributed by atoms with E-state index in [0.29, 0.717) is 5.56 Å². The maximum absolute atomic E-state index is 9.52. The van der Waals surface area contributed by atoms with Crippen molar-refractivity contribution in [1.82, 2.24) is 13.5 Å². The van der Waals surface area contributed by atoms with Crippen LogP contribution in [-0.4, -0.2) is 20.2 Å². The van der Waals surface area contributed by atoms with Crippen molar-refractivity contribution in [2.24, 2.45) is 0 Å². The minimum Gasteiger partial charge on any atom is -0.311 e. The topological polar surface area (TPSA) is 17.5 Å². The molecule has 13 aromatic carbocycles. The first-order chi connectivity index (χ1) is 48.1. The van der Waals surface area contributed by atoms with Crippen molar-refractivity contribution in [3.8, 4) is 33.6 Å². The van der Waals surface area contributed by atoms with Gasteiger partial charge in [0, 0.05) is 71.4 Å². The summed E-state index contributed by atoms with van der Waals surface area (Å²) in [6.45, 7) is 20.4. The molecular weight excluding hydrogens is 1150 g/mol. The average molecular weight is 1220 g/mol. The van der Waals surface area contributed by atoms with Gasteiger partial charge in [-0.05, 0) is 172 Å². The lowest BCUT2D eigenvalue weighted by Gasteiger charge is -2.41. The predicted molar refractivity (Wildman–Crippen MR) is 409 cm³/mol. The van der Waals surface area contributed by atoms with Gasteiger partial charge in [-0.3, -0.25) is 0 Å². The van der Waals surface area contributed by atoms with Crippen LogP contribution in [0.1, 0.15) is 85.9 Å². The van der Waals surface area contributed by atoms with E-state index in [1.54, 1.807) is 0 Å². The van der Waals surface area contributed by atoms with Crippen LogP contribution >= 0.6 is 0 Å². The van der Waals surface area contributed by atoms with Crippen LogP contribution in [0.15, 0.2) is 267 Å². The largest absolute Gasteiger partial charge is 0.311 e. The Morgan fingerprint density at radius 1 is 0.316 bits per heavy atom. The summed E-state index contributed by atoms with van der Waals surface area (Å²) in [7, 11) is 0. The molecular formula is C90H71BN4. The zero-order valence-corrected chi connectivity index (χ0v) is 54.9. The number of nitrogens with zero attached hydrogens (tertiary/aromatic N) is 4. The molecule has 6 heterocycles. The van der Waals surface area contributed by atoms with Gasteiger partial charge < -0.3 is 18.4 Å². The second-order valence-electron chi connectivity index (χ2n) is 29.7. The molecule has 2 aliphatic heterocycles. The Bertz CT molecular complexity index is 6430. The maximum Gasteiger partial charge on any atom is 0.252 e. The molecule has 5 heteroatoms. The molecule has 0 bridgehead atoms. The summed E-state index contributed by atoms with van der Waals surface area (Å²) in [6.07, 6.45) is 0. The van der Waals surface area contributed by atoms with Gasteiger partial charge in [-0.2, -0.15) is 0 Å². The zero-order valence-electron chi connectivity index (χ0n) is 59.9. The molecule has 454 valence electrons. The normalized spacial score (nSPS) is 14.0. The van der Waals surface area contributed by atoms with Crippen LogP contribution in [0.5, 0.6) is 0 Å². The summed E-state index contributed by atoms with van der Waals surface area (Å²) in [6, 6.07) is 86.5. The number of para-hydroxylation sites is 2. The zero-order chi connectivity index (χ0) is 68.5. The highest BCUT2D eigenvalue weighted by Gasteiger charge is 2.45. The molecule has 4 aromatic heterocycles. The van der Waals surface area contributed by atoms with Crippen molar-refractivity contribution in [2.75, 3.05) is 4.90 Å². The second-order valence-corrected chi connectivity index (χ2v) is 29.7. The van der Waals surface area contributed by atoms with Crippen LogP contribution < -0.4 is 21.3 Å². The van der Waals surface area contributed by atoms with Gasteiger partial charge in [-0.25, -0.2) is 0 Å². The SMILES string of the molecule is [2H]c1c([2H])c([2H])c(-c2ccc3c(c2)N(c2ccc(-c4ccccc4)cc2)c2c4c(cc5c2c2cccc6c7ccccc7c7ccccc7c7ccccc7n5c62)-n2c5ccc(-n6c7ccc(C(C)(C)C)cc7c7cc(C(C)(C)C)ccc76)cc5c5cc(C(C)(C)C)cc(c52)B34)c([2H])c1[2H]. The quantitative estimate of drug-likeness (QED) is 0.161. The highest BCUT2D eigenvalue weighted by Crippen LogP contribution is 2.51. The third-order valence-corrected chi connectivity index (χ3v) is 21.1. The molecule has 0 atom stereocenters. The van der Waals surface area contributed by atoms with Gasteiger partial charge in [-0.1, -0.05) is 250 Å². The molecule has 4 nitrogen and oxygen atoms in total. The van der Waals surface area contributed by atoms with E-state index in [2.05, 4.69) is 311 Å². The van der Waals surface area contributed by atoms with Crippen molar-refractivity contribution in [2.45, 2.75) is 78.6 Å². The summed E-state index contributed by atoms with van der Waals surface area (Å²) in [4.78, 5) is 2.45. The van der Waals surface area contributed by atoms with Crippen molar-refractivity contribution < 1.29 is 6.85 Å². The lowest BCUT2D eigenvalue weighted by molar-refractivity contribution is 0.590. The van der Waals surface area contributed by atoms with Crippen LogP contribution in [0.3, 0.4) is 0 Å². The van der Waals surface area contributed by atoms with Gasteiger partial charge >= 0.3 is 0 Å². The molecule has 0 amide bonds. The van der Waals surface area contributed by atoms with E-state index in [-0.39, 0.29) is 52.7 Å². The fourth-order valence-corrected chi connectivity index (χ4v) is 16.5. The summed E-state index contributed by atoms with van der Waals surface area (Å²) < 4.78 is 53.5. The van der Waals surface area contributed by atoms with Crippen molar-refractivity contribution in [3.05, 3.63) is 283 Å². The van der Waals surface area contributed by atoms with Gasteiger partial charge in [0.25, 0.3) is 6.71 Å². The minimum atomic E-state index is -0.421. The van der Waals surface area contributed by atoms with Gasteiger partial charge in [-0.15, -0.1) is 0 Å². The van der Waals surface area contributed by atoms with E-state index in [1.807, 2.05) is 6.07 Å². The van der Waals surface area contributed by atoms with E-state index >= 15 is 0 Å². The van der Waals surface area contributed by atoms with Crippen LogP contribution in [-0.2, 0) is 16.2 Å². The molecule has 0 saturated carbocycles. The van der Waals surface area contributed by atoms with E-state index in [1.165, 1.54) is 54.7 Å². The Labute approximate surface area is 561 Å². The first-order valence-corrected chi connectivity index (χ1v) is 33.4. The first-order valence-electron chi connectivity index (χ1n) is 35.9. The second kappa shape index (κ2) is 19.8. The van der Waals surface area contributed by atoms with E-state index < -0.39 is 6.04 Å². The van der Waals surface area contributed by atoms with E-state index in [0.717, 1.165) is 121 Å². The van der Waals surface area contributed by atoms with Crippen molar-refractivity contribution in [1.29, 1.82) is 0 Å². The molecule has 0 spiro atoms. The lowest BCUT2D eigenvalue weighted by Crippen LogP contribution is -2.60. The maximum atomic E-state index is 9.52. The Hall–Kier alpha value is -10.9. The summed E-state index contributed by atoms with van der Waals surface area (Å²) in [5.41, 5.74) is 22.4. The van der Waals surface area contributed by atoms with E-state index in [9.17, 15) is 2.74 Å². The Morgan fingerprint density at radius 2 is 0.842 bits per heavy atom. The molecule has 2 aliphatic rings. The molecule has 0 fully saturated rings. The van der Waals surface area contributed by atoms with Crippen LogP contribution in [0, 0.1) is 0 Å². The molecule has 0 N–H and O–H groups in total. The third-order valence-electron chi connectivity index (χ3n) is 21.1. The van der Waals surface area contributed by atoms with Crippen LogP contribution in [0.4, 0.5) is 17.1 Å². The van der Waals surface area contributed by atoms with Gasteiger partial charge in [0.1, 0.15) is 0 Å². The number of aromatic nitrogens is 3. The van der Waals surface area contributed by atoms with Crippen LogP contribution in [0.25, 0.3) is 137 Å². The fourth-order valence-electron chi connectivity index (χ4n) is 16.5. The molecule has 0 saturated heterocycles. The number of hydrogen-bond acceptors (Lipinski definition) is 1. The Kier molecular flexibility index (Phi) is 10.6. The molecule has 0 radical (unpaired) electrons. The smallest absolute Gasteiger partial charge is 0.252 e. The fraction of sp³-hybridized carbons (Fsp3) is 0.133. The number of fused-ring (bicyclic) bond motifs is 21. The standard InChI is InChI=1S/C90H71BN4/c1-88(2,3)58-38-44-77-70(48-58)71-49-59(89(4,5)6)39-45-78(71)92(77)62-42-46-79-72(52-62)73-50-60(90(7,8)9)51-75-86(73)95(79)82-53-81-83(69-33-22-32-68-66-30-19-17-28-64(66)63-27-16-18-29-65(63)67-31-20-21-34-76(67)94(81)85(68)69)87-84(82)91(75)74-43-37-57(55-25-14-11-15-26-55)47-80(74)93(87)61-40-35-56(36-41-61)54-23-12-10-13-24-54/h10-53H,1-9H3/i11D,14D,15D,25D,26D. The third kappa shape index (κ3) is 8.08. The number of anilines is 3. The van der Waals surface area contributed by atoms with Gasteiger partial charge in [0.2, 0.25) is 0 Å². The number of hydrogen-bond donors (Lipinski definition) is 0. The highest BCUT2D eigenvalue weighted by atomic mass is 15.2. The Morgan fingerprint density at radius 3 is 1.51 bits per heavy atom. The monoisotopic (exact) mass is 1220 g/mol. The predicted octanol–water partition coefficient (Wildman–Crippen LogP) is 22.3. The van der Waals surface area contributed by atoms with Crippen LogP contribution in [0.2, 0.25) is 0 Å². The number of rotatable bonds is 4. The minimum absolute atomic E-state index is 0.0519. The van der Waals surface area contributed by atoms with Gasteiger partial charge in [0.15, 0.2) is 0 Å². The molecule has 0 unspecified atom stereocenters. The van der Waals surface area contributed by atoms with Crippen molar-refractivity contribution >= 4 is 143 Å². The summed E-state index contributed by atoms with van der Waals surface area (Å²) in [5.74, 6) is 0. The first kappa shape index (κ1) is 50.7. The number of benzene rings is 13. The highest BCUT2D eigenvalue weighted by molar-refractivity contribution is 7.00. The lowest BCUT2D eigenvalue weighted by atomic mass is 9.33. The van der Waals surface area contributed by atoms with E-state index in [4.69, 9.17) is 4.11 Å². The molecule has 0 aliphatic carbocycles. The Balaban J connectivity index is 1.02. The van der Waals surface area contributed by atoms with Gasteiger partial charge in [0.05, 0.1) is 45.6 Å². The summed E-state index contributed by atoms with van der Waals surface area (Å²) >= 11 is 0.